The summed E-state index contributed by atoms with van der Waals surface area (Å²) in [7, 11) is -2.25. The van der Waals surface area contributed by atoms with Crippen LogP contribution in [0, 0.1) is 11.8 Å². The molecule has 1 aromatic heterocycles. The molecule has 3 aromatic carbocycles. The van der Waals surface area contributed by atoms with Gasteiger partial charge in [0.25, 0.3) is 11.8 Å². The van der Waals surface area contributed by atoms with Gasteiger partial charge in [0.2, 0.25) is 0 Å². The summed E-state index contributed by atoms with van der Waals surface area (Å²) in [6, 6.07) is 14.9. The van der Waals surface area contributed by atoms with Gasteiger partial charge < -0.3 is 19.4 Å². The maximum atomic E-state index is 15.7. The van der Waals surface area contributed by atoms with Gasteiger partial charge in [-0.05, 0) is 61.2 Å². The van der Waals surface area contributed by atoms with E-state index in [0.29, 0.717) is 17.5 Å². The van der Waals surface area contributed by atoms with E-state index >= 15 is 4.39 Å². The number of halogens is 4. The third-order valence-electron chi connectivity index (χ3n) is 8.89. The van der Waals surface area contributed by atoms with Gasteiger partial charge >= 0.3 is 12.3 Å². The van der Waals surface area contributed by atoms with E-state index in [0.717, 1.165) is 15.7 Å². The Hall–Kier alpha value is -5.56. The standard InChI is InChI=1S/C36H32F4N4O7S/c1-50-32-19-23(52(2,48)49)13-15-30(32)42-35(47)51-16-6-7-21-17-26-28(10-5-11-31(26)43(21)20-36(38,39)40)41-29-14-12-22(18-27(29)37)44-33(45)24-8-3-4-9-25(24)34(44)46/h3-5,8-11,13,15,17,19,22,27,29,41H,12,14,16,18,20H2,1-2H3,(H,42,47). The number of ether oxygens (including phenoxy) is 2. The van der Waals surface area contributed by atoms with Crippen LogP contribution in [0.3, 0.4) is 0 Å². The van der Waals surface area contributed by atoms with Gasteiger partial charge in [0.1, 0.15) is 18.5 Å². The Morgan fingerprint density at radius 3 is 2.33 bits per heavy atom. The third kappa shape index (κ3) is 7.54. The van der Waals surface area contributed by atoms with Gasteiger partial charge in [-0.25, -0.2) is 17.6 Å². The Kier molecular flexibility index (Phi) is 9.91. The number of anilines is 2. The molecular weight excluding hydrogens is 708 g/mol. The van der Waals surface area contributed by atoms with Crippen LogP contribution in [0.25, 0.3) is 10.9 Å². The first-order chi connectivity index (χ1) is 24.6. The highest BCUT2D eigenvalue weighted by Crippen LogP contribution is 2.36. The van der Waals surface area contributed by atoms with Gasteiger partial charge in [-0.1, -0.05) is 24.1 Å². The first-order valence-electron chi connectivity index (χ1n) is 16.0. The lowest BCUT2D eigenvalue weighted by Crippen LogP contribution is -2.48. The number of hydrogen-bond acceptors (Lipinski definition) is 8. The summed E-state index contributed by atoms with van der Waals surface area (Å²) < 4.78 is 91.6. The Morgan fingerprint density at radius 2 is 1.69 bits per heavy atom. The molecule has 16 heteroatoms. The predicted molar refractivity (Wildman–Crippen MR) is 183 cm³/mol. The van der Waals surface area contributed by atoms with Crippen molar-refractivity contribution < 1.29 is 49.8 Å². The van der Waals surface area contributed by atoms with E-state index in [1.807, 2.05) is 0 Å². The molecule has 272 valence electrons. The van der Waals surface area contributed by atoms with Crippen molar-refractivity contribution in [3.05, 3.63) is 83.6 Å². The van der Waals surface area contributed by atoms with Crippen molar-refractivity contribution >= 4 is 50.0 Å². The van der Waals surface area contributed by atoms with Crippen molar-refractivity contribution in [3.8, 4) is 17.6 Å². The molecule has 0 saturated heterocycles. The third-order valence-corrected chi connectivity index (χ3v) is 10.00. The van der Waals surface area contributed by atoms with Gasteiger partial charge in [-0.15, -0.1) is 0 Å². The number of alkyl halides is 4. The zero-order chi connectivity index (χ0) is 37.4. The molecular formula is C36H32F4N4O7S. The molecule has 3 amide bonds. The molecule has 0 radical (unpaired) electrons. The van der Waals surface area contributed by atoms with Gasteiger partial charge in [0.05, 0.1) is 46.1 Å². The van der Waals surface area contributed by atoms with Crippen LogP contribution in [0.15, 0.2) is 71.6 Å². The predicted octanol–water partition coefficient (Wildman–Crippen LogP) is 6.18. The fourth-order valence-electron chi connectivity index (χ4n) is 6.47. The number of nitrogens with zero attached hydrogens (tertiary/aromatic N) is 2. The summed E-state index contributed by atoms with van der Waals surface area (Å²) in [5, 5.41) is 5.88. The van der Waals surface area contributed by atoms with E-state index in [9.17, 15) is 36.0 Å². The number of fused-ring (bicyclic) bond motifs is 2. The second kappa shape index (κ2) is 14.2. The molecule has 1 saturated carbocycles. The number of rotatable bonds is 8. The molecule has 2 heterocycles. The van der Waals surface area contributed by atoms with Crippen LogP contribution in [0.5, 0.6) is 5.75 Å². The molecule has 2 aliphatic rings. The zero-order valence-corrected chi connectivity index (χ0v) is 28.6. The van der Waals surface area contributed by atoms with Crippen LogP contribution in [0.1, 0.15) is 45.7 Å². The minimum Gasteiger partial charge on any atom is -0.495 e. The van der Waals surface area contributed by atoms with Crippen LogP contribution >= 0.6 is 0 Å². The first-order valence-corrected chi connectivity index (χ1v) is 17.9. The number of aromatic nitrogens is 1. The van der Waals surface area contributed by atoms with Crippen LogP contribution in [0.2, 0.25) is 0 Å². The Labute approximate surface area is 295 Å². The summed E-state index contributed by atoms with van der Waals surface area (Å²) in [5.41, 5.74) is 1.21. The Balaban J connectivity index is 1.15. The normalized spacial score (nSPS) is 18.8. The van der Waals surface area contributed by atoms with Crippen LogP contribution in [-0.2, 0) is 21.1 Å². The Morgan fingerprint density at radius 1 is 0.981 bits per heavy atom. The summed E-state index contributed by atoms with van der Waals surface area (Å²) in [5.74, 6) is 4.32. The molecule has 1 aliphatic heterocycles. The number of methoxy groups -OCH3 is 1. The first kappa shape index (κ1) is 36.2. The minimum atomic E-state index is -4.61. The highest BCUT2D eigenvalue weighted by atomic mass is 32.2. The van der Waals surface area contributed by atoms with Crippen LogP contribution in [-0.4, -0.2) is 80.2 Å². The number of carbonyl (C=O) groups is 3. The van der Waals surface area contributed by atoms with E-state index in [2.05, 4.69) is 22.5 Å². The monoisotopic (exact) mass is 740 g/mol. The number of amides is 3. The molecule has 0 spiro atoms. The van der Waals surface area contributed by atoms with Gasteiger partial charge in [0, 0.05) is 35.9 Å². The topological polar surface area (TPSA) is 136 Å². The maximum absolute atomic E-state index is 15.7. The van der Waals surface area contributed by atoms with Crippen molar-refractivity contribution in [1.82, 2.24) is 9.47 Å². The van der Waals surface area contributed by atoms with E-state index in [-0.39, 0.29) is 51.5 Å². The second-order valence-corrected chi connectivity index (χ2v) is 14.4. The van der Waals surface area contributed by atoms with Crippen LogP contribution < -0.4 is 15.4 Å². The van der Waals surface area contributed by atoms with Crippen molar-refractivity contribution in [2.75, 3.05) is 30.6 Å². The molecule has 1 aliphatic carbocycles. The van der Waals surface area contributed by atoms with Crippen molar-refractivity contribution in [2.24, 2.45) is 0 Å². The number of benzene rings is 3. The SMILES string of the molecule is COc1cc(S(C)(=O)=O)ccc1NC(=O)OCC#Cc1cc2c(NC3CCC(N4C(=O)c5ccccc5C4=O)CC3F)cccc2n1CC(F)(F)F. The van der Waals surface area contributed by atoms with Crippen molar-refractivity contribution in [1.29, 1.82) is 0 Å². The molecule has 6 rings (SSSR count). The molecule has 2 N–H and O–H groups in total. The smallest absolute Gasteiger partial charge is 0.412 e. The molecule has 11 nitrogen and oxygen atoms in total. The van der Waals surface area contributed by atoms with E-state index in [1.54, 1.807) is 30.3 Å². The lowest BCUT2D eigenvalue weighted by molar-refractivity contribution is -0.140. The molecule has 3 atom stereocenters. The van der Waals surface area contributed by atoms with Crippen molar-refractivity contribution in [2.45, 2.75) is 55.1 Å². The summed E-state index contributed by atoms with van der Waals surface area (Å²) in [6.07, 6.45) is -5.56. The molecule has 52 heavy (non-hydrogen) atoms. The summed E-state index contributed by atoms with van der Waals surface area (Å²) in [4.78, 5) is 39.4. The zero-order valence-electron chi connectivity index (χ0n) is 27.8. The van der Waals surface area contributed by atoms with Gasteiger partial charge in [-0.2, -0.15) is 13.2 Å². The molecule has 3 unspecified atom stereocenters. The summed E-state index contributed by atoms with van der Waals surface area (Å²) >= 11 is 0. The number of hydrogen-bond donors (Lipinski definition) is 2. The Bertz CT molecular complexity index is 2210. The van der Waals surface area contributed by atoms with Crippen LogP contribution in [0.4, 0.5) is 33.7 Å². The fourth-order valence-corrected chi connectivity index (χ4v) is 7.11. The number of carbonyl (C=O) groups excluding carboxylic acids is 3. The largest absolute Gasteiger partial charge is 0.495 e. The quantitative estimate of drug-likeness (QED) is 0.124. The average molecular weight is 741 g/mol. The molecule has 4 aromatic rings. The lowest BCUT2D eigenvalue weighted by atomic mass is 9.88. The lowest BCUT2D eigenvalue weighted by Gasteiger charge is -2.36. The van der Waals surface area contributed by atoms with E-state index in [4.69, 9.17) is 9.47 Å². The van der Waals surface area contributed by atoms with E-state index < -0.39 is 65.3 Å². The highest BCUT2D eigenvalue weighted by molar-refractivity contribution is 7.90. The molecule has 0 bridgehead atoms. The number of nitrogens with one attached hydrogen (secondary N) is 2. The molecule has 1 fully saturated rings. The minimum absolute atomic E-state index is 0.0295. The van der Waals surface area contributed by atoms with E-state index in [1.165, 1.54) is 43.5 Å². The van der Waals surface area contributed by atoms with Crippen molar-refractivity contribution in [3.63, 3.8) is 0 Å². The fraction of sp³-hybridized carbons (Fsp3) is 0.306. The number of imide groups is 1. The second-order valence-electron chi connectivity index (χ2n) is 12.4. The van der Waals surface area contributed by atoms with Gasteiger partial charge in [-0.3, -0.25) is 19.8 Å². The van der Waals surface area contributed by atoms with Gasteiger partial charge in [0.15, 0.2) is 16.4 Å². The average Bonchev–Trinajstić information content (AvgIpc) is 3.56. The summed E-state index contributed by atoms with van der Waals surface area (Å²) in [6.45, 7) is -1.88. The highest BCUT2D eigenvalue weighted by Gasteiger charge is 2.43. The maximum Gasteiger partial charge on any atom is 0.412 e. The number of sulfone groups is 1.